The molecule has 0 bridgehead atoms. The summed E-state index contributed by atoms with van der Waals surface area (Å²) in [6, 6.07) is 6.26. The molecule has 0 unspecified atom stereocenters. The standard InChI is InChI=1S/C15H13N7O3S3/c1-7-11(28-22-19-7)13(25)18-14-20-21-15(27-14)26-6-10(23)17-9-4-2-8(3-5-9)12(16)24/h2-5H,6H2,1H3,(H2,16,24)(H,17,23)(H,18,20,25). The molecule has 144 valence electrons. The fraction of sp³-hybridized carbons (Fsp3) is 0.133. The Morgan fingerprint density at radius 2 is 1.86 bits per heavy atom. The smallest absolute Gasteiger partial charge is 0.271 e. The van der Waals surface area contributed by atoms with Gasteiger partial charge in [-0.2, -0.15) is 0 Å². The molecule has 13 heteroatoms. The lowest BCUT2D eigenvalue weighted by atomic mass is 10.2. The van der Waals surface area contributed by atoms with Gasteiger partial charge in [0.1, 0.15) is 4.88 Å². The first-order valence-electron chi connectivity index (χ1n) is 7.68. The van der Waals surface area contributed by atoms with Crippen LogP contribution in [0.5, 0.6) is 0 Å². The van der Waals surface area contributed by atoms with Gasteiger partial charge in [0.2, 0.25) is 16.9 Å². The normalized spacial score (nSPS) is 10.5. The van der Waals surface area contributed by atoms with Crippen molar-refractivity contribution in [2.45, 2.75) is 11.3 Å². The third kappa shape index (κ3) is 5.09. The molecule has 0 fully saturated rings. The lowest BCUT2D eigenvalue weighted by molar-refractivity contribution is -0.113. The summed E-state index contributed by atoms with van der Waals surface area (Å²) >= 11 is 3.35. The van der Waals surface area contributed by atoms with E-state index in [2.05, 4.69) is 30.4 Å². The maximum absolute atomic E-state index is 12.1. The van der Waals surface area contributed by atoms with Crippen molar-refractivity contribution < 1.29 is 14.4 Å². The molecule has 0 aliphatic carbocycles. The van der Waals surface area contributed by atoms with Crippen molar-refractivity contribution in [1.29, 1.82) is 0 Å². The van der Waals surface area contributed by atoms with Crippen LogP contribution in [0.3, 0.4) is 0 Å². The number of carbonyl (C=O) groups is 3. The lowest BCUT2D eigenvalue weighted by Crippen LogP contribution is -2.14. The van der Waals surface area contributed by atoms with Crippen molar-refractivity contribution in [3.63, 3.8) is 0 Å². The van der Waals surface area contributed by atoms with Crippen LogP contribution in [-0.4, -0.2) is 43.3 Å². The van der Waals surface area contributed by atoms with Crippen LogP contribution in [0.2, 0.25) is 0 Å². The summed E-state index contributed by atoms with van der Waals surface area (Å²) in [5.41, 5.74) is 6.63. The van der Waals surface area contributed by atoms with Crippen LogP contribution in [0.25, 0.3) is 0 Å². The van der Waals surface area contributed by atoms with Crippen LogP contribution in [0, 0.1) is 6.92 Å². The highest BCUT2D eigenvalue weighted by Gasteiger charge is 2.16. The highest BCUT2D eigenvalue weighted by atomic mass is 32.2. The number of carbonyl (C=O) groups excluding carboxylic acids is 3. The first kappa shape index (κ1) is 19.9. The Morgan fingerprint density at radius 1 is 1.11 bits per heavy atom. The Kier molecular flexibility index (Phi) is 6.28. The van der Waals surface area contributed by atoms with Gasteiger partial charge in [-0.05, 0) is 42.7 Å². The number of thioether (sulfide) groups is 1. The van der Waals surface area contributed by atoms with Crippen molar-refractivity contribution in [3.8, 4) is 0 Å². The van der Waals surface area contributed by atoms with E-state index in [1.165, 1.54) is 23.9 Å². The van der Waals surface area contributed by atoms with Gasteiger partial charge in [0.05, 0.1) is 11.4 Å². The third-order valence-electron chi connectivity index (χ3n) is 3.26. The number of nitrogens with two attached hydrogens (primary N) is 1. The van der Waals surface area contributed by atoms with E-state index in [1.807, 2.05) is 0 Å². The van der Waals surface area contributed by atoms with E-state index in [9.17, 15) is 14.4 Å². The molecule has 3 aromatic rings. The number of primary amides is 1. The molecule has 0 aliphatic rings. The number of rotatable bonds is 7. The minimum Gasteiger partial charge on any atom is -0.366 e. The molecule has 0 saturated carbocycles. The largest absolute Gasteiger partial charge is 0.366 e. The summed E-state index contributed by atoms with van der Waals surface area (Å²) in [4.78, 5) is 35.6. The van der Waals surface area contributed by atoms with Crippen molar-refractivity contribution >= 4 is 63.2 Å². The molecule has 0 saturated heterocycles. The fourth-order valence-corrected chi connectivity index (χ4v) is 4.05. The summed E-state index contributed by atoms with van der Waals surface area (Å²) in [5, 5.41) is 17.3. The summed E-state index contributed by atoms with van der Waals surface area (Å²) in [7, 11) is 0. The molecular weight excluding hydrogens is 422 g/mol. The molecule has 1 aromatic carbocycles. The van der Waals surface area contributed by atoms with E-state index in [1.54, 1.807) is 19.1 Å². The number of aryl methyl sites for hydroxylation is 1. The summed E-state index contributed by atoms with van der Waals surface area (Å²) in [5.74, 6) is -1.02. The molecule has 10 nitrogen and oxygen atoms in total. The average molecular weight is 436 g/mol. The molecule has 0 aliphatic heterocycles. The van der Waals surface area contributed by atoms with Gasteiger partial charge in [-0.15, -0.1) is 15.3 Å². The van der Waals surface area contributed by atoms with Crippen molar-refractivity contribution in [1.82, 2.24) is 19.8 Å². The number of hydrogen-bond donors (Lipinski definition) is 3. The number of anilines is 2. The second kappa shape index (κ2) is 8.86. The first-order chi connectivity index (χ1) is 13.4. The van der Waals surface area contributed by atoms with Crippen LogP contribution >= 0.6 is 34.6 Å². The zero-order valence-electron chi connectivity index (χ0n) is 14.3. The molecular formula is C15H13N7O3S3. The second-order valence-electron chi connectivity index (χ2n) is 5.29. The first-order valence-corrected chi connectivity index (χ1v) is 10.3. The minimum absolute atomic E-state index is 0.109. The van der Waals surface area contributed by atoms with E-state index in [0.717, 1.165) is 22.9 Å². The maximum Gasteiger partial charge on any atom is 0.271 e. The van der Waals surface area contributed by atoms with Gasteiger partial charge in [-0.25, -0.2) is 0 Å². The predicted molar refractivity (Wildman–Crippen MR) is 107 cm³/mol. The number of aromatic nitrogens is 4. The molecule has 3 amide bonds. The predicted octanol–water partition coefficient (Wildman–Crippen LogP) is 1.78. The third-order valence-corrected chi connectivity index (χ3v) is 6.06. The van der Waals surface area contributed by atoms with Gasteiger partial charge in [0, 0.05) is 11.3 Å². The van der Waals surface area contributed by atoms with Gasteiger partial charge in [-0.3, -0.25) is 19.7 Å². The minimum atomic E-state index is -0.533. The topological polar surface area (TPSA) is 153 Å². The van der Waals surface area contributed by atoms with Crippen LogP contribution in [-0.2, 0) is 4.79 Å². The van der Waals surface area contributed by atoms with E-state index in [4.69, 9.17) is 5.73 Å². The highest BCUT2D eigenvalue weighted by molar-refractivity contribution is 8.01. The summed E-state index contributed by atoms with van der Waals surface area (Å²) in [6.45, 7) is 1.69. The Bertz CT molecular complexity index is 1020. The number of nitrogens with zero attached hydrogens (tertiary/aromatic N) is 4. The Balaban J connectivity index is 1.49. The van der Waals surface area contributed by atoms with E-state index in [0.29, 0.717) is 31.3 Å². The fourth-order valence-electron chi connectivity index (χ4n) is 1.95. The molecule has 0 radical (unpaired) electrons. The van der Waals surface area contributed by atoms with Gasteiger partial charge in [-0.1, -0.05) is 27.6 Å². The van der Waals surface area contributed by atoms with E-state index < -0.39 is 5.91 Å². The molecule has 2 aromatic heterocycles. The average Bonchev–Trinajstić information content (AvgIpc) is 3.29. The zero-order valence-corrected chi connectivity index (χ0v) is 16.8. The monoisotopic (exact) mass is 435 g/mol. The zero-order chi connectivity index (χ0) is 20.1. The molecule has 3 rings (SSSR count). The van der Waals surface area contributed by atoms with Gasteiger partial charge in [0.15, 0.2) is 4.34 Å². The van der Waals surface area contributed by atoms with Crippen LogP contribution in [0.15, 0.2) is 28.6 Å². The molecule has 2 heterocycles. The van der Waals surface area contributed by atoms with Crippen LogP contribution in [0.1, 0.15) is 25.7 Å². The Morgan fingerprint density at radius 3 is 2.50 bits per heavy atom. The second-order valence-corrected chi connectivity index (χ2v) is 8.25. The van der Waals surface area contributed by atoms with E-state index >= 15 is 0 Å². The van der Waals surface area contributed by atoms with Crippen molar-refractivity contribution in [3.05, 3.63) is 40.4 Å². The lowest BCUT2D eigenvalue weighted by Gasteiger charge is -2.04. The Labute approximate surface area is 171 Å². The van der Waals surface area contributed by atoms with Gasteiger partial charge >= 0.3 is 0 Å². The number of hydrogen-bond acceptors (Lipinski definition) is 10. The molecule has 28 heavy (non-hydrogen) atoms. The van der Waals surface area contributed by atoms with Crippen LogP contribution < -0.4 is 16.4 Å². The van der Waals surface area contributed by atoms with E-state index in [-0.39, 0.29) is 17.6 Å². The number of amides is 3. The maximum atomic E-state index is 12.1. The number of benzene rings is 1. The molecule has 4 N–H and O–H groups in total. The number of nitrogens with one attached hydrogen (secondary N) is 2. The van der Waals surface area contributed by atoms with Crippen molar-refractivity contribution in [2.75, 3.05) is 16.4 Å². The van der Waals surface area contributed by atoms with Gasteiger partial charge < -0.3 is 11.1 Å². The van der Waals surface area contributed by atoms with Gasteiger partial charge in [0.25, 0.3) is 5.91 Å². The Hall–Kier alpha value is -2.90. The highest BCUT2D eigenvalue weighted by Crippen LogP contribution is 2.26. The quantitative estimate of drug-likeness (QED) is 0.375. The summed E-state index contributed by atoms with van der Waals surface area (Å²) < 4.78 is 4.25. The SMILES string of the molecule is Cc1nnsc1C(=O)Nc1nnc(SCC(=O)Nc2ccc(C(N)=O)cc2)s1. The van der Waals surface area contributed by atoms with Crippen molar-refractivity contribution in [2.24, 2.45) is 5.73 Å². The molecule has 0 atom stereocenters. The summed E-state index contributed by atoms with van der Waals surface area (Å²) in [6.07, 6.45) is 0. The van der Waals surface area contributed by atoms with Crippen LogP contribution in [0.4, 0.5) is 10.8 Å². The molecule has 0 spiro atoms.